The first-order chi connectivity index (χ1) is 11.7. The number of amides is 1. The third-order valence-corrected chi connectivity index (χ3v) is 5.19. The third kappa shape index (κ3) is 2.76. The fourth-order valence-corrected chi connectivity index (χ4v) is 3.45. The summed E-state index contributed by atoms with van der Waals surface area (Å²) in [5.41, 5.74) is -0.526. The molecule has 3 heterocycles. The maximum Gasteiger partial charge on any atom is 0.273 e. The Morgan fingerprint density at radius 3 is 3.00 bits per heavy atom. The SMILES string of the molecule is O=C(NC[C@](O)(c1ccoc1)c1cccs1)c1cc(C2CC2)on1. The van der Waals surface area contributed by atoms with Crippen LogP contribution in [0.25, 0.3) is 0 Å². The fraction of sp³-hybridized carbons (Fsp3) is 0.294. The van der Waals surface area contributed by atoms with Crippen molar-refractivity contribution in [2.45, 2.75) is 24.4 Å². The number of aromatic nitrogens is 1. The molecule has 1 atom stereocenters. The number of aliphatic hydroxyl groups is 1. The molecule has 0 aromatic carbocycles. The Labute approximate surface area is 142 Å². The molecule has 0 radical (unpaired) electrons. The van der Waals surface area contributed by atoms with Crippen molar-refractivity contribution in [2.24, 2.45) is 0 Å². The molecule has 1 amide bonds. The number of thiophene rings is 1. The first-order valence-electron chi connectivity index (χ1n) is 7.70. The van der Waals surface area contributed by atoms with Gasteiger partial charge in [0.1, 0.15) is 11.4 Å². The topological polar surface area (TPSA) is 88.5 Å². The molecule has 24 heavy (non-hydrogen) atoms. The standard InChI is InChI=1S/C17H16N2O4S/c20-16(13-8-14(23-19-13)11-3-4-11)18-10-17(21,12-5-6-22-9-12)15-2-1-7-24-15/h1-2,5-9,11,21H,3-4,10H2,(H,18,20)/t17-/m0/s1. The molecule has 1 aliphatic carbocycles. The van der Waals surface area contributed by atoms with Crippen LogP contribution < -0.4 is 5.32 Å². The summed E-state index contributed by atoms with van der Waals surface area (Å²) in [6.45, 7) is 0.0114. The van der Waals surface area contributed by atoms with Crippen LogP contribution in [0.2, 0.25) is 0 Å². The van der Waals surface area contributed by atoms with Crippen LogP contribution in [0.1, 0.15) is 45.4 Å². The lowest BCUT2D eigenvalue weighted by Gasteiger charge is -2.26. The number of nitrogens with zero attached hydrogens (tertiary/aromatic N) is 1. The molecule has 0 saturated heterocycles. The summed E-state index contributed by atoms with van der Waals surface area (Å²) < 4.78 is 10.3. The van der Waals surface area contributed by atoms with Crippen molar-refractivity contribution in [2.75, 3.05) is 6.54 Å². The van der Waals surface area contributed by atoms with E-state index in [9.17, 15) is 9.90 Å². The van der Waals surface area contributed by atoms with Crippen molar-refractivity contribution in [1.82, 2.24) is 10.5 Å². The highest BCUT2D eigenvalue weighted by Gasteiger charge is 2.35. The number of hydrogen-bond acceptors (Lipinski definition) is 6. The summed E-state index contributed by atoms with van der Waals surface area (Å²) in [6, 6.07) is 7.04. The van der Waals surface area contributed by atoms with Crippen LogP contribution in [-0.2, 0) is 5.60 Å². The maximum atomic E-state index is 12.3. The molecule has 0 bridgehead atoms. The summed E-state index contributed by atoms with van der Waals surface area (Å²) in [4.78, 5) is 13.0. The molecule has 6 nitrogen and oxygen atoms in total. The molecular weight excluding hydrogens is 328 g/mol. The van der Waals surface area contributed by atoms with E-state index < -0.39 is 5.60 Å². The lowest BCUT2D eigenvalue weighted by atomic mass is 9.94. The molecule has 0 spiro atoms. The minimum Gasteiger partial charge on any atom is -0.472 e. The zero-order valence-electron chi connectivity index (χ0n) is 12.8. The van der Waals surface area contributed by atoms with E-state index in [0.717, 1.165) is 23.5 Å². The van der Waals surface area contributed by atoms with Crippen molar-refractivity contribution in [1.29, 1.82) is 0 Å². The maximum absolute atomic E-state index is 12.3. The predicted octanol–water partition coefficient (Wildman–Crippen LogP) is 2.87. The van der Waals surface area contributed by atoms with Gasteiger partial charge in [-0.1, -0.05) is 11.2 Å². The number of hydrogen-bond donors (Lipinski definition) is 2. The van der Waals surface area contributed by atoms with E-state index in [-0.39, 0.29) is 18.1 Å². The number of nitrogens with one attached hydrogen (secondary N) is 1. The van der Waals surface area contributed by atoms with Gasteiger partial charge in [-0.25, -0.2) is 0 Å². The molecule has 4 rings (SSSR count). The molecule has 3 aromatic heterocycles. The lowest BCUT2D eigenvalue weighted by molar-refractivity contribution is 0.0709. The van der Waals surface area contributed by atoms with Crippen LogP contribution in [0.15, 0.2) is 51.1 Å². The highest BCUT2D eigenvalue weighted by molar-refractivity contribution is 7.10. The lowest BCUT2D eigenvalue weighted by Crippen LogP contribution is -2.41. The van der Waals surface area contributed by atoms with Crippen LogP contribution in [-0.4, -0.2) is 22.7 Å². The minimum atomic E-state index is -1.35. The van der Waals surface area contributed by atoms with Gasteiger partial charge in [0.15, 0.2) is 5.69 Å². The Balaban J connectivity index is 1.51. The molecule has 1 aliphatic rings. The van der Waals surface area contributed by atoms with Crippen molar-refractivity contribution in [3.63, 3.8) is 0 Å². The third-order valence-electron chi connectivity index (χ3n) is 4.17. The Morgan fingerprint density at radius 1 is 1.46 bits per heavy atom. The van der Waals surface area contributed by atoms with Gasteiger partial charge < -0.3 is 19.4 Å². The highest BCUT2D eigenvalue weighted by atomic mass is 32.1. The van der Waals surface area contributed by atoms with E-state index in [1.54, 1.807) is 12.1 Å². The monoisotopic (exact) mass is 344 g/mol. The van der Waals surface area contributed by atoms with Gasteiger partial charge in [0.25, 0.3) is 5.91 Å². The summed E-state index contributed by atoms with van der Waals surface area (Å²) >= 11 is 1.41. The fourth-order valence-electron chi connectivity index (χ4n) is 2.60. The van der Waals surface area contributed by atoms with Crippen LogP contribution in [0.4, 0.5) is 0 Å². The molecular formula is C17H16N2O4S. The van der Waals surface area contributed by atoms with Gasteiger partial charge in [0, 0.05) is 22.4 Å². The summed E-state index contributed by atoms with van der Waals surface area (Å²) in [6.07, 6.45) is 5.13. The van der Waals surface area contributed by atoms with E-state index in [1.165, 1.54) is 23.9 Å². The Bertz CT molecular complexity index is 785. The number of carbonyl (C=O) groups is 1. The first-order valence-corrected chi connectivity index (χ1v) is 8.58. The second-order valence-corrected chi connectivity index (χ2v) is 6.87. The van der Waals surface area contributed by atoms with E-state index in [2.05, 4.69) is 10.5 Å². The Kier molecular flexibility index (Phi) is 3.74. The molecule has 1 saturated carbocycles. The van der Waals surface area contributed by atoms with Crippen LogP contribution in [0.5, 0.6) is 0 Å². The van der Waals surface area contributed by atoms with Crippen molar-refractivity contribution in [3.05, 3.63) is 64.1 Å². The number of rotatable bonds is 6. The molecule has 3 aromatic rings. The minimum absolute atomic E-state index is 0.0114. The zero-order valence-corrected chi connectivity index (χ0v) is 13.6. The van der Waals surface area contributed by atoms with E-state index >= 15 is 0 Å². The van der Waals surface area contributed by atoms with Crippen LogP contribution >= 0.6 is 11.3 Å². The van der Waals surface area contributed by atoms with E-state index in [1.807, 2.05) is 17.5 Å². The smallest absolute Gasteiger partial charge is 0.273 e. The Morgan fingerprint density at radius 2 is 2.33 bits per heavy atom. The van der Waals surface area contributed by atoms with E-state index in [4.69, 9.17) is 8.94 Å². The molecule has 2 N–H and O–H groups in total. The summed E-state index contributed by atoms with van der Waals surface area (Å²) in [7, 11) is 0. The largest absolute Gasteiger partial charge is 0.472 e. The average Bonchev–Trinajstić information content (AvgIpc) is 3.12. The van der Waals surface area contributed by atoms with Gasteiger partial charge in [0.2, 0.25) is 0 Å². The van der Waals surface area contributed by atoms with Crippen molar-refractivity contribution in [3.8, 4) is 0 Å². The predicted molar refractivity (Wildman–Crippen MR) is 86.8 cm³/mol. The molecule has 124 valence electrons. The molecule has 7 heteroatoms. The Hall–Kier alpha value is -2.38. The molecule has 0 unspecified atom stereocenters. The first kappa shape index (κ1) is 15.2. The van der Waals surface area contributed by atoms with E-state index in [0.29, 0.717) is 11.5 Å². The second-order valence-electron chi connectivity index (χ2n) is 5.92. The summed E-state index contributed by atoms with van der Waals surface area (Å²) in [5, 5.41) is 19.6. The average molecular weight is 344 g/mol. The van der Waals surface area contributed by atoms with Gasteiger partial charge in [-0.2, -0.15) is 0 Å². The molecule has 0 aliphatic heterocycles. The van der Waals surface area contributed by atoms with Crippen molar-refractivity contribution < 1.29 is 18.8 Å². The van der Waals surface area contributed by atoms with Gasteiger partial charge >= 0.3 is 0 Å². The van der Waals surface area contributed by atoms with Gasteiger partial charge in [-0.05, 0) is 30.4 Å². The summed E-state index contributed by atoms with van der Waals surface area (Å²) in [5.74, 6) is 0.778. The number of carbonyl (C=O) groups excluding carboxylic acids is 1. The quantitative estimate of drug-likeness (QED) is 0.718. The zero-order chi connectivity index (χ0) is 16.6. The second kappa shape index (κ2) is 5.92. The van der Waals surface area contributed by atoms with Gasteiger partial charge in [0.05, 0.1) is 19.1 Å². The van der Waals surface area contributed by atoms with Gasteiger partial charge in [-0.3, -0.25) is 4.79 Å². The number of furan rings is 1. The normalized spacial score (nSPS) is 16.7. The van der Waals surface area contributed by atoms with Crippen molar-refractivity contribution >= 4 is 17.2 Å². The van der Waals surface area contributed by atoms with Gasteiger partial charge in [-0.15, -0.1) is 11.3 Å². The molecule has 1 fully saturated rings. The highest BCUT2D eigenvalue weighted by Crippen LogP contribution is 2.40. The van der Waals surface area contributed by atoms with Crippen LogP contribution in [0.3, 0.4) is 0 Å². The van der Waals surface area contributed by atoms with Crippen LogP contribution in [0, 0.1) is 0 Å².